The third-order valence-electron chi connectivity index (χ3n) is 3.11. The van der Waals surface area contributed by atoms with Crippen LogP contribution in [-0.4, -0.2) is 10.5 Å². The Morgan fingerprint density at radius 1 is 0.947 bits per heavy atom. The summed E-state index contributed by atoms with van der Waals surface area (Å²) in [5, 5.41) is 2.18. The Hall–Kier alpha value is -1.87. The lowest BCUT2D eigenvalue weighted by Crippen LogP contribution is -2.11. The zero-order valence-electron chi connectivity index (χ0n) is 10.2. The third-order valence-corrected chi connectivity index (χ3v) is 3.64. The van der Waals surface area contributed by atoms with Gasteiger partial charge in [0, 0.05) is 16.9 Å². The molecule has 0 radical (unpaired) electrons. The van der Waals surface area contributed by atoms with Gasteiger partial charge >= 0.3 is 0 Å². The number of halogens is 1. The van der Waals surface area contributed by atoms with E-state index < -0.39 is 0 Å². The van der Waals surface area contributed by atoms with Gasteiger partial charge in [0.05, 0.1) is 6.42 Å². The number of fused-ring (bicyclic) bond motifs is 1. The number of carbonyl (C=O) groups is 1. The van der Waals surface area contributed by atoms with Gasteiger partial charge < -0.3 is 0 Å². The molecule has 0 unspecified atom stereocenters. The van der Waals surface area contributed by atoms with Crippen LogP contribution < -0.4 is 0 Å². The Kier molecular flexibility index (Phi) is 3.22. The number of hydrogen-bond donors (Lipinski definition) is 0. The number of carbonyl (C=O) groups excluding carboxylic acids is 1. The smallest absolute Gasteiger partial charge is 0.235 e. The molecular formula is C16H12BrNO. The molecule has 0 aliphatic heterocycles. The van der Waals surface area contributed by atoms with E-state index in [1.807, 2.05) is 60.9 Å². The van der Waals surface area contributed by atoms with Crippen LogP contribution in [0.4, 0.5) is 0 Å². The molecule has 0 aliphatic rings. The third kappa shape index (κ3) is 2.61. The van der Waals surface area contributed by atoms with Gasteiger partial charge in [0.2, 0.25) is 5.91 Å². The van der Waals surface area contributed by atoms with Gasteiger partial charge in [0.15, 0.2) is 0 Å². The molecule has 1 aromatic heterocycles. The Morgan fingerprint density at radius 3 is 2.11 bits per heavy atom. The van der Waals surface area contributed by atoms with E-state index in [-0.39, 0.29) is 5.91 Å². The highest BCUT2D eigenvalue weighted by molar-refractivity contribution is 9.10. The van der Waals surface area contributed by atoms with Gasteiger partial charge in [-0.1, -0.05) is 52.3 Å². The normalized spacial score (nSPS) is 10.8. The fourth-order valence-electron chi connectivity index (χ4n) is 2.10. The van der Waals surface area contributed by atoms with Gasteiger partial charge in [-0.3, -0.25) is 9.36 Å². The molecule has 0 N–H and O–H groups in total. The number of hydrogen-bond acceptors (Lipinski definition) is 1. The molecule has 0 saturated carbocycles. The number of rotatable bonds is 2. The summed E-state index contributed by atoms with van der Waals surface area (Å²) >= 11 is 3.39. The molecule has 2 nitrogen and oxygen atoms in total. The van der Waals surface area contributed by atoms with Crippen LogP contribution in [0.25, 0.3) is 10.8 Å². The maximum absolute atomic E-state index is 12.2. The van der Waals surface area contributed by atoms with Gasteiger partial charge in [0.25, 0.3) is 0 Å². The van der Waals surface area contributed by atoms with Crippen LogP contribution in [0.1, 0.15) is 10.4 Å². The zero-order chi connectivity index (χ0) is 13.2. The monoisotopic (exact) mass is 313 g/mol. The van der Waals surface area contributed by atoms with Crippen LogP contribution in [0.2, 0.25) is 0 Å². The first-order valence-electron chi connectivity index (χ1n) is 6.07. The van der Waals surface area contributed by atoms with Crippen molar-refractivity contribution in [3.05, 3.63) is 71.0 Å². The van der Waals surface area contributed by atoms with E-state index in [1.165, 1.54) is 0 Å². The van der Waals surface area contributed by atoms with Gasteiger partial charge in [-0.15, -0.1) is 0 Å². The van der Waals surface area contributed by atoms with Crippen LogP contribution in [0, 0.1) is 0 Å². The highest BCUT2D eigenvalue weighted by Crippen LogP contribution is 2.16. The Bertz CT molecular complexity index is 695. The molecule has 0 fully saturated rings. The lowest BCUT2D eigenvalue weighted by atomic mass is 10.1. The van der Waals surface area contributed by atoms with Crippen molar-refractivity contribution in [3.63, 3.8) is 0 Å². The van der Waals surface area contributed by atoms with Crippen LogP contribution >= 0.6 is 15.9 Å². The van der Waals surface area contributed by atoms with Crippen LogP contribution in [0.3, 0.4) is 0 Å². The van der Waals surface area contributed by atoms with E-state index in [9.17, 15) is 4.79 Å². The second-order valence-electron chi connectivity index (χ2n) is 4.49. The predicted octanol–water partition coefficient (Wildman–Crippen LogP) is 4.29. The van der Waals surface area contributed by atoms with Crippen molar-refractivity contribution in [2.45, 2.75) is 6.42 Å². The van der Waals surface area contributed by atoms with Crippen molar-refractivity contribution in [2.75, 3.05) is 0 Å². The molecule has 1 heterocycles. The van der Waals surface area contributed by atoms with E-state index in [0.717, 1.165) is 20.8 Å². The second-order valence-corrected chi connectivity index (χ2v) is 5.41. The fraction of sp³-hybridized carbons (Fsp3) is 0.0625. The maximum atomic E-state index is 12.2. The summed E-state index contributed by atoms with van der Waals surface area (Å²) in [4.78, 5) is 12.2. The van der Waals surface area contributed by atoms with Gasteiger partial charge in [-0.25, -0.2) is 0 Å². The lowest BCUT2D eigenvalue weighted by Gasteiger charge is -2.02. The van der Waals surface area contributed by atoms with Crippen molar-refractivity contribution in [1.29, 1.82) is 0 Å². The minimum Gasteiger partial charge on any atom is -0.293 e. The topological polar surface area (TPSA) is 22.0 Å². The number of benzene rings is 2. The quantitative estimate of drug-likeness (QED) is 0.692. The zero-order valence-corrected chi connectivity index (χ0v) is 11.8. The molecule has 94 valence electrons. The molecule has 3 rings (SSSR count). The summed E-state index contributed by atoms with van der Waals surface area (Å²) < 4.78 is 2.70. The molecular weight excluding hydrogens is 302 g/mol. The van der Waals surface area contributed by atoms with Crippen LogP contribution in [0.5, 0.6) is 0 Å². The highest BCUT2D eigenvalue weighted by Gasteiger charge is 2.07. The summed E-state index contributed by atoms with van der Waals surface area (Å²) in [7, 11) is 0. The van der Waals surface area contributed by atoms with Crippen molar-refractivity contribution < 1.29 is 4.79 Å². The van der Waals surface area contributed by atoms with Crippen molar-refractivity contribution in [3.8, 4) is 0 Å². The van der Waals surface area contributed by atoms with E-state index in [0.29, 0.717) is 6.42 Å². The largest absolute Gasteiger partial charge is 0.293 e. The molecule has 19 heavy (non-hydrogen) atoms. The molecule has 0 amide bonds. The standard InChI is InChI=1S/C16H12BrNO/c17-15-7-5-12(6-8-15)9-16(19)18-10-13-3-1-2-4-14(13)11-18/h1-8,10-11H,9H2. The second kappa shape index (κ2) is 5.02. The average molecular weight is 314 g/mol. The first kappa shape index (κ1) is 12.2. The van der Waals surface area contributed by atoms with Gasteiger partial charge in [-0.05, 0) is 28.5 Å². The SMILES string of the molecule is O=C(Cc1ccc(Br)cc1)n1cc2ccccc2c1. The molecule has 3 aromatic rings. The number of nitrogens with zero attached hydrogens (tertiary/aromatic N) is 1. The van der Waals surface area contributed by atoms with Crippen molar-refractivity contribution in [2.24, 2.45) is 0 Å². The molecule has 0 aliphatic carbocycles. The highest BCUT2D eigenvalue weighted by atomic mass is 79.9. The summed E-state index contributed by atoms with van der Waals surface area (Å²) in [6.07, 6.45) is 4.18. The molecule has 2 aromatic carbocycles. The number of aromatic nitrogens is 1. The first-order chi connectivity index (χ1) is 9.22. The lowest BCUT2D eigenvalue weighted by molar-refractivity contribution is 0.0915. The molecule has 0 bridgehead atoms. The molecule has 0 saturated heterocycles. The Balaban J connectivity index is 1.85. The fourth-order valence-corrected chi connectivity index (χ4v) is 2.36. The van der Waals surface area contributed by atoms with Crippen LogP contribution in [-0.2, 0) is 6.42 Å². The summed E-state index contributed by atoms with van der Waals surface area (Å²) in [6.45, 7) is 0. The molecule has 3 heteroatoms. The molecule has 0 spiro atoms. The van der Waals surface area contributed by atoms with Gasteiger partial charge in [-0.2, -0.15) is 0 Å². The van der Waals surface area contributed by atoms with Gasteiger partial charge in [0.1, 0.15) is 0 Å². The van der Waals surface area contributed by atoms with E-state index in [4.69, 9.17) is 0 Å². The minimum absolute atomic E-state index is 0.0820. The minimum atomic E-state index is 0.0820. The van der Waals surface area contributed by atoms with E-state index in [2.05, 4.69) is 15.9 Å². The summed E-state index contributed by atoms with van der Waals surface area (Å²) in [6, 6.07) is 15.8. The average Bonchev–Trinajstić information content (AvgIpc) is 2.85. The summed E-state index contributed by atoms with van der Waals surface area (Å²) in [5.41, 5.74) is 1.02. The maximum Gasteiger partial charge on any atom is 0.235 e. The van der Waals surface area contributed by atoms with Crippen molar-refractivity contribution in [1.82, 2.24) is 4.57 Å². The first-order valence-corrected chi connectivity index (χ1v) is 6.86. The Morgan fingerprint density at radius 2 is 1.53 bits per heavy atom. The van der Waals surface area contributed by atoms with E-state index in [1.54, 1.807) is 4.57 Å². The molecule has 0 atom stereocenters. The summed E-state index contributed by atoms with van der Waals surface area (Å²) in [5.74, 6) is 0.0820. The Labute approximate surface area is 119 Å². The predicted molar refractivity (Wildman–Crippen MR) is 80.4 cm³/mol. The van der Waals surface area contributed by atoms with Crippen molar-refractivity contribution >= 4 is 32.6 Å². The van der Waals surface area contributed by atoms with E-state index >= 15 is 0 Å². The van der Waals surface area contributed by atoms with Crippen LogP contribution in [0.15, 0.2) is 65.4 Å².